The van der Waals surface area contributed by atoms with Crippen molar-refractivity contribution in [3.63, 3.8) is 0 Å². The molecule has 1 N–H and O–H groups in total. The molecule has 3 aromatic rings. The number of methoxy groups -OCH3 is 2. The zero-order valence-electron chi connectivity index (χ0n) is 17.7. The SMILES string of the molecule is COc1ccc(-c2csc(NC(=O)CN3CCN(Cc4cccs4)CC3)n2)c(OC)c1. The summed E-state index contributed by atoms with van der Waals surface area (Å²) in [5, 5.41) is 7.56. The van der Waals surface area contributed by atoms with E-state index in [1.54, 1.807) is 25.6 Å². The maximum atomic E-state index is 12.5. The Bertz CT molecular complexity index is 998. The maximum absolute atomic E-state index is 12.5. The number of ether oxygens (including phenoxy) is 2. The normalized spacial score (nSPS) is 15.0. The summed E-state index contributed by atoms with van der Waals surface area (Å²) < 4.78 is 10.7. The zero-order valence-corrected chi connectivity index (χ0v) is 19.3. The Morgan fingerprint density at radius 3 is 2.61 bits per heavy atom. The molecule has 0 aliphatic carbocycles. The number of thiazole rings is 1. The van der Waals surface area contributed by atoms with Crippen molar-refractivity contribution in [1.82, 2.24) is 14.8 Å². The number of piperazine rings is 1. The van der Waals surface area contributed by atoms with Crippen molar-refractivity contribution in [2.45, 2.75) is 6.54 Å². The van der Waals surface area contributed by atoms with Crippen molar-refractivity contribution >= 4 is 33.7 Å². The number of hydrogen-bond donors (Lipinski definition) is 1. The van der Waals surface area contributed by atoms with E-state index in [-0.39, 0.29) is 5.91 Å². The van der Waals surface area contributed by atoms with E-state index < -0.39 is 0 Å². The van der Waals surface area contributed by atoms with Gasteiger partial charge in [-0.2, -0.15) is 0 Å². The number of rotatable bonds is 8. The van der Waals surface area contributed by atoms with E-state index in [4.69, 9.17) is 9.47 Å². The first-order chi connectivity index (χ1) is 15.1. The smallest absolute Gasteiger partial charge is 0.240 e. The predicted octanol–water partition coefficient (Wildman–Crippen LogP) is 3.65. The molecule has 9 heteroatoms. The van der Waals surface area contributed by atoms with Gasteiger partial charge in [-0.05, 0) is 23.6 Å². The molecule has 0 radical (unpaired) electrons. The van der Waals surface area contributed by atoms with Crippen LogP contribution in [0, 0.1) is 0 Å². The van der Waals surface area contributed by atoms with Gasteiger partial charge in [0.15, 0.2) is 5.13 Å². The van der Waals surface area contributed by atoms with Crippen molar-refractivity contribution < 1.29 is 14.3 Å². The number of amides is 1. The molecular weight excluding hydrogens is 432 g/mol. The van der Waals surface area contributed by atoms with Gasteiger partial charge in [-0.25, -0.2) is 4.98 Å². The fraction of sp³-hybridized carbons (Fsp3) is 0.364. The summed E-state index contributed by atoms with van der Waals surface area (Å²) in [7, 11) is 3.24. The molecule has 2 aromatic heterocycles. The van der Waals surface area contributed by atoms with Gasteiger partial charge in [0.1, 0.15) is 11.5 Å². The van der Waals surface area contributed by atoms with Crippen LogP contribution in [0.5, 0.6) is 11.5 Å². The van der Waals surface area contributed by atoms with Crippen LogP contribution in [0.15, 0.2) is 41.1 Å². The predicted molar refractivity (Wildman–Crippen MR) is 125 cm³/mol. The molecular formula is C22H26N4O3S2. The first-order valence-corrected chi connectivity index (χ1v) is 11.9. The first-order valence-electron chi connectivity index (χ1n) is 10.1. The number of nitrogens with one attached hydrogen (secondary N) is 1. The van der Waals surface area contributed by atoms with Gasteiger partial charge in [0, 0.05) is 54.6 Å². The molecule has 31 heavy (non-hydrogen) atoms. The van der Waals surface area contributed by atoms with Crippen LogP contribution in [-0.4, -0.2) is 67.6 Å². The lowest BCUT2D eigenvalue weighted by Gasteiger charge is -2.33. The van der Waals surface area contributed by atoms with Crippen LogP contribution >= 0.6 is 22.7 Å². The van der Waals surface area contributed by atoms with E-state index in [1.807, 2.05) is 23.6 Å². The second-order valence-electron chi connectivity index (χ2n) is 7.28. The summed E-state index contributed by atoms with van der Waals surface area (Å²) in [4.78, 5) is 23.1. The molecule has 4 rings (SSSR count). The second kappa shape index (κ2) is 10.2. The number of thiophene rings is 1. The van der Waals surface area contributed by atoms with Crippen molar-refractivity contribution in [2.75, 3.05) is 52.3 Å². The summed E-state index contributed by atoms with van der Waals surface area (Å²) in [6, 6.07) is 9.87. The molecule has 3 heterocycles. The third kappa shape index (κ3) is 5.62. The van der Waals surface area contributed by atoms with Crippen molar-refractivity contribution in [1.29, 1.82) is 0 Å². The molecule has 1 amide bonds. The van der Waals surface area contributed by atoms with Gasteiger partial charge < -0.3 is 14.8 Å². The number of nitrogens with zero attached hydrogens (tertiary/aromatic N) is 3. The Hall–Kier alpha value is -2.46. The van der Waals surface area contributed by atoms with Crippen molar-refractivity contribution in [2.24, 2.45) is 0 Å². The van der Waals surface area contributed by atoms with E-state index in [0.29, 0.717) is 17.4 Å². The number of hydrogen-bond acceptors (Lipinski definition) is 8. The molecule has 1 aliphatic heterocycles. The summed E-state index contributed by atoms with van der Waals surface area (Å²) in [5.74, 6) is 1.37. The number of aromatic nitrogens is 1. The lowest BCUT2D eigenvalue weighted by atomic mass is 10.1. The summed E-state index contributed by atoms with van der Waals surface area (Å²) in [6.07, 6.45) is 0. The van der Waals surface area contributed by atoms with E-state index in [9.17, 15) is 4.79 Å². The second-order valence-corrected chi connectivity index (χ2v) is 9.17. The quantitative estimate of drug-likeness (QED) is 0.556. The molecule has 0 saturated carbocycles. The highest BCUT2D eigenvalue weighted by Gasteiger charge is 2.20. The van der Waals surface area contributed by atoms with Crippen LogP contribution in [0.1, 0.15) is 4.88 Å². The van der Waals surface area contributed by atoms with Gasteiger partial charge in [-0.15, -0.1) is 22.7 Å². The molecule has 0 bridgehead atoms. The number of carbonyl (C=O) groups excluding carboxylic acids is 1. The van der Waals surface area contributed by atoms with Gasteiger partial charge in [-0.3, -0.25) is 14.6 Å². The van der Waals surface area contributed by atoms with E-state index in [2.05, 4.69) is 37.6 Å². The molecule has 0 atom stereocenters. The van der Waals surface area contributed by atoms with Crippen LogP contribution in [0.4, 0.5) is 5.13 Å². The Morgan fingerprint density at radius 2 is 1.90 bits per heavy atom. The first kappa shape index (κ1) is 21.8. The Morgan fingerprint density at radius 1 is 1.10 bits per heavy atom. The van der Waals surface area contributed by atoms with Gasteiger partial charge in [0.25, 0.3) is 0 Å². The molecule has 7 nitrogen and oxygen atoms in total. The molecule has 1 saturated heterocycles. The van der Waals surface area contributed by atoms with Crippen molar-refractivity contribution in [3.8, 4) is 22.8 Å². The summed E-state index contributed by atoms with van der Waals surface area (Å²) in [5.41, 5.74) is 1.63. The minimum atomic E-state index is -0.0331. The van der Waals surface area contributed by atoms with Crippen LogP contribution < -0.4 is 14.8 Å². The zero-order chi connectivity index (χ0) is 21.6. The minimum Gasteiger partial charge on any atom is -0.497 e. The van der Waals surface area contributed by atoms with Gasteiger partial charge in [0.2, 0.25) is 5.91 Å². The highest BCUT2D eigenvalue weighted by Crippen LogP contribution is 2.34. The third-order valence-electron chi connectivity index (χ3n) is 5.23. The Labute approximate surface area is 190 Å². The van der Waals surface area contributed by atoms with Crippen LogP contribution in [0.25, 0.3) is 11.3 Å². The lowest BCUT2D eigenvalue weighted by Crippen LogP contribution is -2.48. The highest BCUT2D eigenvalue weighted by atomic mass is 32.1. The molecule has 1 fully saturated rings. The van der Waals surface area contributed by atoms with Gasteiger partial charge in [0.05, 0.1) is 26.5 Å². The molecule has 1 aromatic carbocycles. The lowest BCUT2D eigenvalue weighted by molar-refractivity contribution is -0.117. The number of carbonyl (C=O) groups is 1. The summed E-state index contributed by atoms with van der Waals surface area (Å²) in [6.45, 7) is 5.12. The van der Waals surface area contributed by atoms with E-state index >= 15 is 0 Å². The summed E-state index contributed by atoms with van der Waals surface area (Å²) >= 11 is 3.21. The fourth-order valence-corrected chi connectivity index (χ4v) is 5.03. The minimum absolute atomic E-state index is 0.0331. The number of benzene rings is 1. The van der Waals surface area contributed by atoms with Gasteiger partial charge >= 0.3 is 0 Å². The average Bonchev–Trinajstić information content (AvgIpc) is 3.47. The Balaban J connectivity index is 1.29. The molecule has 0 spiro atoms. The maximum Gasteiger partial charge on any atom is 0.240 e. The van der Waals surface area contributed by atoms with Crippen LogP contribution in [-0.2, 0) is 11.3 Å². The molecule has 164 valence electrons. The highest BCUT2D eigenvalue weighted by molar-refractivity contribution is 7.14. The van der Waals surface area contributed by atoms with Crippen LogP contribution in [0.2, 0.25) is 0 Å². The molecule has 1 aliphatic rings. The fourth-order valence-electron chi connectivity index (χ4n) is 3.56. The Kier molecular flexibility index (Phi) is 7.18. The van der Waals surface area contributed by atoms with Crippen LogP contribution in [0.3, 0.4) is 0 Å². The average molecular weight is 459 g/mol. The monoisotopic (exact) mass is 458 g/mol. The van der Waals surface area contributed by atoms with Gasteiger partial charge in [-0.1, -0.05) is 6.07 Å². The van der Waals surface area contributed by atoms with Crippen molar-refractivity contribution in [3.05, 3.63) is 46.0 Å². The molecule has 0 unspecified atom stereocenters. The standard InChI is InChI=1S/C22H26N4O3S2/c1-28-16-5-6-18(20(12-16)29-2)19-15-31-22(23-19)24-21(27)14-26-9-7-25(8-10-26)13-17-4-3-11-30-17/h3-6,11-12,15H,7-10,13-14H2,1-2H3,(H,23,24,27). The third-order valence-corrected chi connectivity index (χ3v) is 6.85. The van der Waals surface area contributed by atoms with E-state index in [1.165, 1.54) is 16.2 Å². The van der Waals surface area contributed by atoms with E-state index in [0.717, 1.165) is 49.7 Å². The number of anilines is 1. The topological polar surface area (TPSA) is 66.9 Å². The largest absolute Gasteiger partial charge is 0.497 e.